The molecule has 2 amide bonds. The highest BCUT2D eigenvalue weighted by atomic mass is 16.2. The molecule has 0 bridgehead atoms. The summed E-state index contributed by atoms with van der Waals surface area (Å²) in [5.41, 5.74) is 4.38. The number of hydrogen-bond acceptors (Lipinski definition) is 4. The van der Waals surface area contributed by atoms with Crippen molar-refractivity contribution in [3.63, 3.8) is 0 Å². The van der Waals surface area contributed by atoms with Gasteiger partial charge in [-0.2, -0.15) is 5.10 Å². The number of carbonyl (C=O) groups excluding carboxylic acids is 2. The van der Waals surface area contributed by atoms with E-state index in [-0.39, 0.29) is 30.3 Å². The fourth-order valence-electron chi connectivity index (χ4n) is 4.42. The Labute approximate surface area is 171 Å². The molecule has 2 aliphatic rings. The average Bonchev–Trinajstić information content (AvgIpc) is 3.01. The van der Waals surface area contributed by atoms with Gasteiger partial charge in [0, 0.05) is 55.5 Å². The van der Waals surface area contributed by atoms with E-state index in [1.807, 2.05) is 23.1 Å². The van der Waals surface area contributed by atoms with Gasteiger partial charge in [0.15, 0.2) is 0 Å². The summed E-state index contributed by atoms with van der Waals surface area (Å²) in [4.78, 5) is 29.5. The Morgan fingerprint density at radius 3 is 2.69 bits per heavy atom. The molecule has 1 fully saturated rings. The number of nitrogens with zero attached hydrogens (tertiary/aromatic N) is 3. The first-order valence-electron chi connectivity index (χ1n) is 10.5. The van der Waals surface area contributed by atoms with Gasteiger partial charge in [0.05, 0.1) is 18.2 Å². The van der Waals surface area contributed by atoms with Crippen LogP contribution in [0.25, 0.3) is 11.3 Å². The Kier molecular flexibility index (Phi) is 5.67. The predicted molar refractivity (Wildman–Crippen MR) is 111 cm³/mol. The molecule has 1 aromatic heterocycles. The van der Waals surface area contributed by atoms with Gasteiger partial charge in [0.1, 0.15) is 0 Å². The topological polar surface area (TPSA) is 81.3 Å². The Bertz CT molecular complexity index is 877. The summed E-state index contributed by atoms with van der Waals surface area (Å²) in [6.45, 7) is 6.89. The second-order valence-corrected chi connectivity index (χ2v) is 8.12. The first-order chi connectivity index (χ1) is 14.0. The number of H-pyrrole nitrogens is 1. The number of fused-ring (bicyclic) bond motifs is 1. The summed E-state index contributed by atoms with van der Waals surface area (Å²) in [6.07, 6.45) is 1.76. The second-order valence-electron chi connectivity index (χ2n) is 8.12. The Morgan fingerprint density at radius 2 is 1.93 bits per heavy atom. The molecule has 0 saturated carbocycles. The normalized spacial score (nSPS) is 20.3. The third kappa shape index (κ3) is 4.05. The van der Waals surface area contributed by atoms with Gasteiger partial charge in [-0.25, -0.2) is 0 Å². The highest BCUT2D eigenvalue weighted by Crippen LogP contribution is 2.27. The van der Waals surface area contributed by atoms with Gasteiger partial charge in [-0.1, -0.05) is 30.3 Å². The lowest BCUT2D eigenvalue weighted by atomic mass is 10.0. The van der Waals surface area contributed by atoms with E-state index in [1.54, 1.807) is 0 Å². The fraction of sp³-hybridized carbons (Fsp3) is 0.500. The standard InChI is InChI=1S/C22H29N5O2/c1-15(2)27-13-10-23-22(29)19(27)14-20(28)26-11-8-17-18(9-12-26)24-25-21(17)16-6-4-3-5-7-16/h3-7,15,19H,8-14H2,1-2H3,(H,23,29)(H,24,25). The van der Waals surface area contributed by atoms with Crippen LogP contribution in [0.15, 0.2) is 30.3 Å². The SMILES string of the molecule is CC(C)N1CCNC(=O)C1CC(=O)N1CCc2[nH]nc(-c3ccccc3)c2CC1. The number of benzene rings is 1. The van der Waals surface area contributed by atoms with Gasteiger partial charge in [-0.05, 0) is 20.3 Å². The summed E-state index contributed by atoms with van der Waals surface area (Å²) < 4.78 is 0. The molecule has 1 aromatic carbocycles. The van der Waals surface area contributed by atoms with Gasteiger partial charge in [-0.3, -0.25) is 19.6 Å². The van der Waals surface area contributed by atoms with Gasteiger partial charge < -0.3 is 10.2 Å². The van der Waals surface area contributed by atoms with Gasteiger partial charge >= 0.3 is 0 Å². The van der Waals surface area contributed by atoms with Crippen molar-refractivity contribution in [2.45, 2.75) is 45.2 Å². The van der Waals surface area contributed by atoms with Crippen LogP contribution in [0.5, 0.6) is 0 Å². The van der Waals surface area contributed by atoms with Gasteiger partial charge in [0.25, 0.3) is 0 Å². The molecule has 0 spiro atoms. The van der Waals surface area contributed by atoms with Crippen molar-refractivity contribution in [3.05, 3.63) is 41.6 Å². The van der Waals surface area contributed by atoms with Crippen LogP contribution in [0.3, 0.4) is 0 Å². The second kappa shape index (κ2) is 8.37. The maximum absolute atomic E-state index is 13.1. The van der Waals surface area contributed by atoms with Crippen molar-refractivity contribution in [2.24, 2.45) is 0 Å². The van der Waals surface area contributed by atoms with Crippen molar-refractivity contribution in [3.8, 4) is 11.3 Å². The highest BCUT2D eigenvalue weighted by Gasteiger charge is 2.34. The molecule has 2 aliphatic heterocycles. The zero-order chi connectivity index (χ0) is 20.4. The van der Waals surface area contributed by atoms with Crippen LogP contribution in [0.4, 0.5) is 0 Å². The molecule has 1 saturated heterocycles. The van der Waals surface area contributed by atoms with E-state index in [2.05, 4.69) is 46.4 Å². The molecule has 29 heavy (non-hydrogen) atoms. The maximum Gasteiger partial charge on any atom is 0.237 e. The lowest BCUT2D eigenvalue weighted by Gasteiger charge is -2.38. The molecule has 3 heterocycles. The molecule has 1 unspecified atom stereocenters. The summed E-state index contributed by atoms with van der Waals surface area (Å²) in [7, 11) is 0. The first kappa shape index (κ1) is 19.6. The lowest BCUT2D eigenvalue weighted by Crippen LogP contribution is -2.58. The Hall–Kier alpha value is -2.67. The van der Waals surface area contributed by atoms with Crippen molar-refractivity contribution in [1.82, 2.24) is 25.3 Å². The molecule has 0 radical (unpaired) electrons. The third-order valence-corrected chi connectivity index (χ3v) is 6.02. The van der Waals surface area contributed by atoms with Crippen LogP contribution in [0.2, 0.25) is 0 Å². The number of carbonyl (C=O) groups is 2. The van der Waals surface area contributed by atoms with E-state index in [0.717, 1.165) is 36.3 Å². The van der Waals surface area contributed by atoms with E-state index in [0.29, 0.717) is 19.6 Å². The van der Waals surface area contributed by atoms with E-state index in [4.69, 9.17) is 0 Å². The lowest BCUT2D eigenvalue weighted by molar-refractivity contribution is -0.139. The molecule has 2 aromatic rings. The quantitative estimate of drug-likeness (QED) is 0.824. The number of rotatable bonds is 4. The highest BCUT2D eigenvalue weighted by molar-refractivity contribution is 5.89. The molecule has 0 aliphatic carbocycles. The Morgan fingerprint density at radius 1 is 1.17 bits per heavy atom. The Balaban J connectivity index is 1.45. The van der Waals surface area contributed by atoms with Crippen molar-refractivity contribution in [1.29, 1.82) is 0 Å². The number of aromatic nitrogens is 2. The van der Waals surface area contributed by atoms with Crippen molar-refractivity contribution < 1.29 is 9.59 Å². The number of nitrogens with one attached hydrogen (secondary N) is 2. The maximum atomic E-state index is 13.1. The largest absolute Gasteiger partial charge is 0.353 e. The van der Waals surface area contributed by atoms with Crippen LogP contribution in [0.1, 0.15) is 31.5 Å². The minimum Gasteiger partial charge on any atom is -0.353 e. The molecule has 2 N–H and O–H groups in total. The smallest absolute Gasteiger partial charge is 0.237 e. The van der Waals surface area contributed by atoms with E-state index in [9.17, 15) is 9.59 Å². The molecular formula is C22H29N5O2. The zero-order valence-corrected chi connectivity index (χ0v) is 17.1. The van der Waals surface area contributed by atoms with E-state index >= 15 is 0 Å². The number of aromatic amines is 1. The average molecular weight is 396 g/mol. The van der Waals surface area contributed by atoms with Crippen LogP contribution >= 0.6 is 0 Å². The van der Waals surface area contributed by atoms with E-state index in [1.165, 1.54) is 5.56 Å². The number of hydrogen-bond donors (Lipinski definition) is 2. The van der Waals surface area contributed by atoms with Gasteiger partial charge in [-0.15, -0.1) is 0 Å². The molecule has 7 heteroatoms. The number of piperazine rings is 1. The van der Waals surface area contributed by atoms with Gasteiger partial charge in [0.2, 0.25) is 11.8 Å². The monoisotopic (exact) mass is 395 g/mol. The third-order valence-electron chi connectivity index (χ3n) is 6.02. The van der Waals surface area contributed by atoms with Crippen LogP contribution in [0, 0.1) is 0 Å². The van der Waals surface area contributed by atoms with Crippen molar-refractivity contribution in [2.75, 3.05) is 26.2 Å². The fourth-order valence-corrected chi connectivity index (χ4v) is 4.42. The molecule has 7 nitrogen and oxygen atoms in total. The number of amides is 2. The summed E-state index contributed by atoms with van der Waals surface area (Å²) >= 11 is 0. The summed E-state index contributed by atoms with van der Waals surface area (Å²) in [5.74, 6) is 0.0194. The first-order valence-corrected chi connectivity index (χ1v) is 10.5. The minimum atomic E-state index is -0.376. The molecule has 1 atom stereocenters. The molecule has 154 valence electrons. The van der Waals surface area contributed by atoms with Crippen molar-refractivity contribution >= 4 is 11.8 Å². The summed E-state index contributed by atoms with van der Waals surface area (Å²) in [5, 5.41) is 10.6. The van der Waals surface area contributed by atoms with Crippen LogP contribution in [-0.4, -0.2) is 70.1 Å². The zero-order valence-electron chi connectivity index (χ0n) is 17.1. The van der Waals surface area contributed by atoms with Crippen LogP contribution < -0.4 is 5.32 Å². The summed E-state index contributed by atoms with van der Waals surface area (Å²) in [6, 6.07) is 10.0. The van der Waals surface area contributed by atoms with E-state index < -0.39 is 0 Å². The predicted octanol–water partition coefficient (Wildman–Crippen LogP) is 1.60. The molecular weight excluding hydrogens is 366 g/mol. The van der Waals surface area contributed by atoms with Crippen LogP contribution in [-0.2, 0) is 22.4 Å². The molecule has 4 rings (SSSR count). The minimum absolute atomic E-state index is 0.0334.